The van der Waals surface area contributed by atoms with Crippen LogP contribution in [0.5, 0.6) is 0 Å². The standard InChI is InChI=1S/C16H18N2O3/c17-7-3-1-2-4-11-5-6-12-9-13(10-15(19)20)16(21)18-14(12)8-11/h5-6,8,13H,1,3,7,9-10,17H2,(H,18,21)(H,19,20). The predicted octanol–water partition coefficient (Wildman–Crippen LogP) is 1.36. The lowest BCUT2D eigenvalue weighted by Crippen LogP contribution is -2.31. The zero-order valence-corrected chi connectivity index (χ0v) is 11.7. The highest BCUT2D eigenvalue weighted by molar-refractivity contribution is 5.97. The van der Waals surface area contributed by atoms with Gasteiger partial charge < -0.3 is 16.2 Å². The van der Waals surface area contributed by atoms with Crippen molar-refractivity contribution in [3.8, 4) is 11.8 Å². The van der Waals surface area contributed by atoms with Crippen LogP contribution in [0.4, 0.5) is 5.69 Å². The van der Waals surface area contributed by atoms with Crippen LogP contribution in [0.1, 0.15) is 30.4 Å². The molecule has 1 atom stereocenters. The molecule has 110 valence electrons. The van der Waals surface area contributed by atoms with Gasteiger partial charge in [0.1, 0.15) is 0 Å². The minimum absolute atomic E-state index is 0.147. The first-order chi connectivity index (χ1) is 10.1. The third-order valence-corrected chi connectivity index (χ3v) is 3.36. The zero-order valence-electron chi connectivity index (χ0n) is 11.7. The first kappa shape index (κ1) is 15.1. The summed E-state index contributed by atoms with van der Waals surface area (Å²) >= 11 is 0. The second kappa shape index (κ2) is 6.91. The average molecular weight is 286 g/mol. The number of unbranched alkanes of at least 4 members (excludes halogenated alkanes) is 1. The monoisotopic (exact) mass is 286 g/mol. The molecule has 0 fully saturated rings. The van der Waals surface area contributed by atoms with Gasteiger partial charge in [-0.25, -0.2) is 0 Å². The van der Waals surface area contributed by atoms with Crippen molar-refractivity contribution >= 4 is 17.6 Å². The molecule has 0 saturated heterocycles. The summed E-state index contributed by atoms with van der Waals surface area (Å²) in [5, 5.41) is 11.6. The van der Waals surface area contributed by atoms with Gasteiger partial charge in [0.25, 0.3) is 0 Å². The molecule has 0 aliphatic carbocycles. The van der Waals surface area contributed by atoms with Crippen LogP contribution in [0.15, 0.2) is 18.2 Å². The molecule has 5 heteroatoms. The van der Waals surface area contributed by atoms with E-state index in [-0.39, 0.29) is 12.3 Å². The third kappa shape index (κ3) is 4.07. The van der Waals surface area contributed by atoms with Crippen molar-refractivity contribution in [2.75, 3.05) is 11.9 Å². The summed E-state index contributed by atoms with van der Waals surface area (Å²) < 4.78 is 0. The van der Waals surface area contributed by atoms with Gasteiger partial charge in [-0.05, 0) is 37.1 Å². The molecule has 0 saturated carbocycles. The fraction of sp³-hybridized carbons (Fsp3) is 0.375. The first-order valence-electron chi connectivity index (χ1n) is 6.94. The number of carbonyl (C=O) groups excluding carboxylic acids is 1. The van der Waals surface area contributed by atoms with Gasteiger partial charge in [-0.2, -0.15) is 0 Å². The average Bonchev–Trinajstić information content (AvgIpc) is 2.44. The van der Waals surface area contributed by atoms with Crippen LogP contribution < -0.4 is 11.1 Å². The lowest BCUT2D eigenvalue weighted by Gasteiger charge is -2.23. The van der Waals surface area contributed by atoms with Crippen molar-refractivity contribution < 1.29 is 14.7 Å². The van der Waals surface area contributed by atoms with Gasteiger partial charge in [0, 0.05) is 17.7 Å². The van der Waals surface area contributed by atoms with E-state index in [9.17, 15) is 9.59 Å². The second-order valence-electron chi connectivity index (χ2n) is 5.05. The van der Waals surface area contributed by atoms with E-state index in [1.165, 1.54) is 0 Å². The van der Waals surface area contributed by atoms with Crippen LogP contribution in [-0.4, -0.2) is 23.5 Å². The first-order valence-corrected chi connectivity index (χ1v) is 6.94. The quantitative estimate of drug-likeness (QED) is 0.575. The van der Waals surface area contributed by atoms with Crippen molar-refractivity contribution in [3.63, 3.8) is 0 Å². The molecule has 2 rings (SSSR count). The van der Waals surface area contributed by atoms with Crippen molar-refractivity contribution in [1.29, 1.82) is 0 Å². The van der Waals surface area contributed by atoms with E-state index in [0.717, 1.165) is 29.7 Å². The molecule has 1 aliphatic rings. The molecular weight excluding hydrogens is 268 g/mol. The SMILES string of the molecule is NCCCC#Cc1ccc2c(c1)NC(=O)C(CC(=O)O)C2. The molecule has 4 N–H and O–H groups in total. The molecule has 21 heavy (non-hydrogen) atoms. The topological polar surface area (TPSA) is 92.4 Å². The normalized spacial score (nSPS) is 16.4. The number of hydrogen-bond acceptors (Lipinski definition) is 3. The number of amides is 1. The molecule has 1 heterocycles. The lowest BCUT2D eigenvalue weighted by atomic mass is 9.90. The molecule has 0 radical (unpaired) electrons. The number of aliphatic carboxylic acids is 1. The summed E-state index contributed by atoms with van der Waals surface area (Å²) in [4.78, 5) is 22.6. The molecule has 1 amide bonds. The Morgan fingerprint density at radius 2 is 2.29 bits per heavy atom. The highest BCUT2D eigenvalue weighted by Gasteiger charge is 2.27. The van der Waals surface area contributed by atoms with E-state index in [1.54, 1.807) is 0 Å². The summed E-state index contributed by atoms with van der Waals surface area (Å²) in [6, 6.07) is 5.62. The van der Waals surface area contributed by atoms with Crippen molar-refractivity contribution in [2.24, 2.45) is 11.7 Å². The largest absolute Gasteiger partial charge is 0.481 e. The predicted molar refractivity (Wildman–Crippen MR) is 79.7 cm³/mol. The Morgan fingerprint density at radius 1 is 1.48 bits per heavy atom. The molecule has 5 nitrogen and oxygen atoms in total. The van der Waals surface area contributed by atoms with Crippen molar-refractivity contribution in [3.05, 3.63) is 29.3 Å². The Bertz CT molecular complexity index is 614. The molecule has 0 aromatic heterocycles. The maximum Gasteiger partial charge on any atom is 0.304 e. The number of benzene rings is 1. The molecule has 1 aliphatic heterocycles. The Hall–Kier alpha value is -2.32. The molecule has 1 aromatic carbocycles. The van der Waals surface area contributed by atoms with Crippen molar-refractivity contribution in [1.82, 2.24) is 0 Å². The molecule has 1 unspecified atom stereocenters. The maximum absolute atomic E-state index is 11.9. The van der Waals surface area contributed by atoms with Crippen LogP contribution >= 0.6 is 0 Å². The highest BCUT2D eigenvalue weighted by Crippen LogP contribution is 2.28. The Kier molecular flexibility index (Phi) is 4.96. The maximum atomic E-state index is 11.9. The Labute approximate surface area is 123 Å². The summed E-state index contributed by atoms with van der Waals surface area (Å²) in [5.74, 6) is 4.37. The number of rotatable bonds is 4. The van der Waals surface area contributed by atoms with E-state index >= 15 is 0 Å². The Morgan fingerprint density at radius 3 is 3.00 bits per heavy atom. The van der Waals surface area contributed by atoms with Gasteiger partial charge in [-0.3, -0.25) is 9.59 Å². The fourth-order valence-corrected chi connectivity index (χ4v) is 2.27. The van der Waals surface area contributed by atoms with E-state index in [4.69, 9.17) is 10.8 Å². The number of nitrogens with one attached hydrogen (secondary N) is 1. The van der Waals surface area contributed by atoms with Crippen LogP contribution in [0, 0.1) is 17.8 Å². The number of carbonyl (C=O) groups is 2. The van der Waals surface area contributed by atoms with E-state index < -0.39 is 11.9 Å². The van der Waals surface area contributed by atoms with Gasteiger partial charge in [-0.1, -0.05) is 17.9 Å². The zero-order chi connectivity index (χ0) is 15.2. The van der Waals surface area contributed by atoms with Crippen molar-refractivity contribution in [2.45, 2.75) is 25.7 Å². The minimum Gasteiger partial charge on any atom is -0.481 e. The van der Waals surface area contributed by atoms with Crippen LogP contribution in [0.2, 0.25) is 0 Å². The van der Waals surface area contributed by atoms with Gasteiger partial charge in [0.2, 0.25) is 5.91 Å². The number of carboxylic acids is 1. The highest BCUT2D eigenvalue weighted by atomic mass is 16.4. The second-order valence-corrected chi connectivity index (χ2v) is 5.05. The smallest absolute Gasteiger partial charge is 0.304 e. The Balaban J connectivity index is 2.11. The van der Waals surface area contributed by atoms with Gasteiger partial charge in [0.05, 0.1) is 12.3 Å². The summed E-state index contributed by atoms with van der Waals surface area (Å²) in [7, 11) is 0. The van der Waals surface area contributed by atoms with Gasteiger partial charge >= 0.3 is 5.97 Å². The van der Waals surface area contributed by atoms with Gasteiger partial charge in [0.15, 0.2) is 0 Å². The van der Waals surface area contributed by atoms with E-state index in [0.29, 0.717) is 13.0 Å². The molecule has 1 aromatic rings. The van der Waals surface area contributed by atoms with Crippen LogP contribution in [-0.2, 0) is 16.0 Å². The van der Waals surface area contributed by atoms with Crippen LogP contribution in [0.25, 0.3) is 0 Å². The molecule has 0 bridgehead atoms. The van der Waals surface area contributed by atoms with E-state index in [2.05, 4.69) is 17.2 Å². The molecule has 0 spiro atoms. The molecular formula is C16H18N2O3. The summed E-state index contributed by atoms with van der Waals surface area (Å²) in [5.41, 5.74) is 7.92. The number of fused-ring (bicyclic) bond motifs is 1. The lowest BCUT2D eigenvalue weighted by molar-refractivity contribution is -0.140. The third-order valence-electron chi connectivity index (χ3n) is 3.36. The van der Waals surface area contributed by atoms with Gasteiger partial charge in [-0.15, -0.1) is 0 Å². The minimum atomic E-state index is -0.957. The van der Waals surface area contributed by atoms with Crippen LogP contribution in [0.3, 0.4) is 0 Å². The number of anilines is 1. The fourth-order valence-electron chi connectivity index (χ4n) is 2.27. The van der Waals surface area contributed by atoms with E-state index in [1.807, 2.05) is 18.2 Å². The number of carboxylic acid groups (broad SMARTS) is 1. The summed E-state index contributed by atoms with van der Waals surface area (Å²) in [6.45, 7) is 0.625. The number of hydrogen-bond donors (Lipinski definition) is 3. The number of nitrogens with two attached hydrogens (primary N) is 1. The summed E-state index contributed by atoms with van der Waals surface area (Å²) in [6.07, 6.45) is 1.92.